The van der Waals surface area contributed by atoms with E-state index in [-0.39, 0.29) is 11.9 Å². The third kappa shape index (κ3) is 2.78. The molecule has 0 fully saturated rings. The van der Waals surface area contributed by atoms with Crippen molar-refractivity contribution in [3.8, 4) is 0 Å². The van der Waals surface area contributed by atoms with Gasteiger partial charge in [0.2, 0.25) is 0 Å². The van der Waals surface area contributed by atoms with Gasteiger partial charge in [-0.15, -0.1) is 0 Å². The Morgan fingerprint density at radius 3 is 2.84 bits per heavy atom. The van der Waals surface area contributed by atoms with Crippen LogP contribution in [0.2, 0.25) is 0 Å². The quantitative estimate of drug-likeness (QED) is 0.616. The zero-order chi connectivity index (χ0) is 17.4. The molecule has 0 spiro atoms. The lowest BCUT2D eigenvalue weighted by Crippen LogP contribution is -2.35. The van der Waals surface area contributed by atoms with E-state index in [1.54, 1.807) is 10.9 Å². The van der Waals surface area contributed by atoms with Crippen LogP contribution in [0.5, 0.6) is 0 Å². The van der Waals surface area contributed by atoms with Gasteiger partial charge in [0.05, 0.1) is 6.54 Å². The highest BCUT2D eigenvalue weighted by Crippen LogP contribution is 2.31. The van der Waals surface area contributed by atoms with Crippen LogP contribution >= 0.6 is 0 Å². The molecule has 25 heavy (non-hydrogen) atoms. The van der Waals surface area contributed by atoms with Crippen molar-refractivity contribution in [3.63, 3.8) is 0 Å². The molecule has 5 heteroatoms. The smallest absolute Gasteiger partial charge is 0.287 e. The molecule has 0 radical (unpaired) electrons. The highest BCUT2D eigenvalue weighted by atomic mass is 16.3. The Hall–Kier alpha value is -3.08. The van der Waals surface area contributed by atoms with Crippen molar-refractivity contribution in [2.45, 2.75) is 26.4 Å². The third-order valence-corrected chi connectivity index (χ3v) is 4.43. The maximum absolute atomic E-state index is 12.7. The van der Waals surface area contributed by atoms with E-state index in [2.05, 4.69) is 16.5 Å². The summed E-state index contributed by atoms with van der Waals surface area (Å²) in [7, 11) is 0. The van der Waals surface area contributed by atoms with E-state index >= 15 is 0 Å². The molecule has 0 bridgehead atoms. The van der Waals surface area contributed by atoms with Crippen molar-refractivity contribution in [1.82, 2.24) is 15.1 Å². The van der Waals surface area contributed by atoms with Crippen molar-refractivity contribution < 1.29 is 9.21 Å². The van der Waals surface area contributed by atoms with Gasteiger partial charge in [0.25, 0.3) is 5.91 Å². The molecule has 1 amide bonds. The summed E-state index contributed by atoms with van der Waals surface area (Å²) < 4.78 is 7.77. The SMILES string of the molecule is Cc1c(C(=O)N[C@@H](C)Cn2cccn2)oc2c1ccc1ccccc12. The van der Waals surface area contributed by atoms with E-state index in [0.29, 0.717) is 12.3 Å². The van der Waals surface area contributed by atoms with Crippen LogP contribution in [0.3, 0.4) is 0 Å². The first kappa shape index (κ1) is 15.4. The van der Waals surface area contributed by atoms with Gasteiger partial charge in [-0.25, -0.2) is 0 Å². The van der Waals surface area contributed by atoms with Crippen molar-refractivity contribution in [1.29, 1.82) is 0 Å². The summed E-state index contributed by atoms with van der Waals surface area (Å²) in [6, 6.07) is 13.9. The van der Waals surface area contributed by atoms with Crippen molar-refractivity contribution in [3.05, 3.63) is 66.2 Å². The number of hydrogen-bond acceptors (Lipinski definition) is 3. The van der Waals surface area contributed by atoms with Gasteiger partial charge < -0.3 is 9.73 Å². The second-order valence-corrected chi connectivity index (χ2v) is 6.32. The minimum Gasteiger partial charge on any atom is -0.450 e. The second-order valence-electron chi connectivity index (χ2n) is 6.32. The lowest BCUT2D eigenvalue weighted by Gasteiger charge is -2.13. The molecule has 1 atom stereocenters. The maximum atomic E-state index is 12.7. The highest BCUT2D eigenvalue weighted by molar-refractivity contribution is 6.08. The molecule has 0 aliphatic carbocycles. The van der Waals surface area contributed by atoms with E-state index in [1.807, 2.05) is 56.4 Å². The fourth-order valence-electron chi connectivity index (χ4n) is 3.19. The molecular formula is C20H19N3O2. The van der Waals surface area contributed by atoms with Gasteiger partial charge in [-0.05, 0) is 25.3 Å². The van der Waals surface area contributed by atoms with Crippen LogP contribution in [-0.4, -0.2) is 21.7 Å². The average Bonchev–Trinajstić information content (AvgIpc) is 3.23. The minimum absolute atomic E-state index is 0.0586. The highest BCUT2D eigenvalue weighted by Gasteiger charge is 2.20. The van der Waals surface area contributed by atoms with Gasteiger partial charge in [0.15, 0.2) is 5.76 Å². The Labute approximate surface area is 145 Å². The van der Waals surface area contributed by atoms with Gasteiger partial charge >= 0.3 is 0 Å². The molecule has 4 rings (SSSR count). The summed E-state index contributed by atoms with van der Waals surface area (Å²) in [6.45, 7) is 4.49. The Kier molecular flexibility index (Phi) is 3.76. The standard InChI is InChI=1S/C20H19N3O2/c1-13(12-23-11-5-10-21-23)22-20(24)18-14(2)16-9-8-15-6-3-4-7-17(15)19(16)25-18/h3-11,13H,12H2,1-2H3,(H,22,24)/t13-/m0/s1. The molecule has 0 saturated heterocycles. The number of rotatable bonds is 4. The first-order valence-electron chi connectivity index (χ1n) is 8.32. The van der Waals surface area contributed by atoms with Crippen molar-refractivity contribution in [2.75, 3.05) is 0 Å². The first-order valence-corrected chi connectivity index (χ1v) is 8.32. The van der Waals surface area contributed by atoms with Gasteiger partial charge in [0.1, 0.15) is 5.58 Å². The Morgan fingerprint density at radius 1 is 1.20 bits per heavy atom. The summed E-state index contributed by atoms with van der Waals surface area (Å²) in [6.07, 6.45) is 3.60. The van der Waals surface area contributed by atoms with Crippen molar-refractivity contribution in [2.24, 2.45) is 0 Å². The molecule has 0 saturated carbocycles. The van der Waals surface area contributed by atoms with Crippen LogP contribution in [0, 0.1) is 6.92 Å². The zero-order valence-electron chi connectivity index (χ0n) is 14.2. The molecule has 2 aromatic carbocycles. The molecule has 2 heterocycles. The van der Waals surface area contributed by atoms with E-state index in [0.717, 1.165) is 27.3 Å². The van der Waals surface area contributed by atoms with Gasteiger partial charge in [-0.1, -0.05) is 36.4 Å². The summed E-state index contributed by atoms with van der Waals surface area (Å²) in [5, 5.41) is 10.3. The summed E-state index contributed by atoms with van der Waals surface area (Å²) in [4.78, 5) is 12.7. The van der Waals surface area contributed by atoms with E-state index in [9.17, 15) is 4.79 Å². The van der Waals surface area contributed by atoms with E-state index < -0.39 is 0 Å². The fraction of sp³-hybridized carbons (Fsp3) is 0.200. The number of carbonyl (C=O) groups excluding carboxylic acids is 1. The number of hydrogen-bond donors (Lipinski definition) is 1. The number of benzene rings is 2. The normalized spacial score (nSPS) is 12.6. The predicted octanol–water partition coefficient (Wildman–Crippen LogP) is 3.91. The monoisotopic (exact) mass is 333 g/mol. The predicted molar refractivity (Wildman–Crippen MR) is 97.6 cm³/mol. The molecule has 4 aromatic rings. The average molecular weight is 333 g/mol. The van der Waals surface area contributed by atoms with Crippen LogP contribution in [-0.2, 0) is 6.54 Å². The van der Waals surface area contributed by atoms with Crippen LogP contribution < -0.4 is 5.32 Å². The molecule has 2 aromatic heterocycles. The zero-order valence-corrected chi connectivity index (χ0v) is 14.2. The topological polar surface area (TPSA) is 60.1 Å². The molecule has 0 unspecified atom stereocenters. The van der Waals surface area contributed by atoms with Crippen LogP contribution in [0.25, 0.3) is 21.7 Å². The van der Waals surface area contributed by atoms with E-state index in [1.165, 1.54) is 0 Å². The summed E-state index contributed by atoms with van der Waals surface area (Å²) in [5.74, 6) is 0.177. The first-order chi connectivity index (χ1) is 12.1. The Bertz CT molecular complexity index is 1050. The van der Waals surface area contributed by atoms with Gasteiger partial charge in [-0.2, -0.15) is 5.10 Å². The van der Waals surface area contributed by atoms with Crippen LogP contribution in [0.15, 0.2) is 59.3 Å². The number of fused-ring (bicyclic) bond motifs is 3. The lowest BCUT2D eigenvalue weighted by molar-refractivity contribution is 0.0909. The third-order valence-electron chi connectivity index (χ3n) is 4.43. The number of amides is 1. The number of carbonyl (C=O) groups is 1. The van der Waals surface area contributed by atoms with Gasteiger partial charge in [-0.3, -0.25) is 9.48 Å². The molecule has 1 N–H and O–H groups in total. The number of furan rings is 1. The maximum Gasteiger partial charge on any atom is 0.287 e. The van der Waals surface area contributed by atoms with Crippen LogP contribution in [0.1, 0.15) is 23.0 Å². The molecule has 5 nitrogen and oxygen atoms in total. The number of nitrogens with zero attached hydrogens (tertiary/aromatic N) is 2. The Morgan fingerprint density at radius 2 is 2.04 bits per heavy atom. The molecular weight excluding hydrogens is 314 g/mol. The fourth-order valence-corrected chi connectivity index (χ4v) is 3.19. The number of nitrogens with one attached hydrogen (secondary N) is 1. The molecule has 126 valence electrons. The largest absolute Gasteiger partial charge is 0.450 e. The number of aromatic nitrogens is 2. The Balaban J connectivity index is 1.65. The summed E-state index contributed by atoms with van der Waals surface area (Å²) in [5.41, 5.74) is 1.63. The van der Waals surface area contributed by atoms with Crippen molar-refractivity contribution >= 4 is 27.6 Å². The second kappa shape index (κ2) is 6.09. The van der Waals surface area contributed by atoms with Crippen LogP contribution in [0.4, 0.5) is 0 Å². The molecule has 0 aliphatic rings. The van der Waals surface area contributed by atoms with Gasteiger partial charge in [0, 0.05) is 34.8 Å². The lowest BCUT2D eigenvalue weighted by atomic mass is 10.1. The summed E-state index contributed by atoms with van der Waals surface area (Å²) >= 11 is 0. The van der Waals surface area contributed by atoms with E-state index in [4.69, 9.17) is 4.42 Å². The molecule has 0 aliphatic heterocycles. The minimum atomic E-state index is -0.197. The number of aryl methyl sites for hydroxylation is 1.